The first-order valence-electron chi connectivity index (χ1n) is 3.95. The summed E-state index contributed by atoms with van der Waals surface area (Å²) in [6.45, 7) is 4.47. The lowest BCUT2D eigenvalue weighted by Crippen LogP contribution is -1.94. The Morgan fingerprint density at radius 1 is 1.20 bits per heavy atom. The fourth-order valence-corrected chi connectivity index (χ4v) is 1.31. The van der Waals surface area contributed by atoms with Gasteiger partial charge in [0.2, 0.25) is 0 Å². The number of aliphatic hydroxyl groups excluding tert-OH is 1. The molecule has 1 N–H and O–H groups in total. The summed E-state index contributed by atoms with van der Waals surface area (Å²) < 4.78 is -0.134. The first-order valence-corrected chi connectivity index (χ1v) is 5.19. The molecule has 0 aliphatic carbocycles. The molecule has 62 valence electrons. The standard InChI is InChI=1S/C8H17IO/c1-7(2)5-3-4-6-8(9)10/h7-8,10H,3-6H2,1-2H3. The predicted octanol–water partition coefficient (Wildman–Crippen LogP) is 2.96. The fourth-order valence-electron chi connectivity index (χ4n) is 0.865. The average molecular weight is 256 g/mol. The average Bonchev–Trinajstić information content (AvgIpc) is 1.79. The third-order valence-electron chi connectivity index (χ3n) is 1.47. The summed E-state index contributed by atoms with van der Waals surface area (Å²) >= 11 is 2.06. The Labute approximate surface area is 77.3 Å². The Balaban J connectivity index is 2.91. The van der Waals surface area contributed by atoms with Crippen LogP contribution >= 0.6 is 22.6 Å². The van der Waals surface area contributed by atoms with E-state index in [0.717, 1.165) is 12.3 Å². The van der Waals surface area contributed by atoms with Crippen LogP contribution in [-0.4, -0.2) is 9.22 Å². The van der Waals surface area contributed by atoms with Crippen LogP contribution in [0.3, 0.4) is 0 Å². The Bertz CT molecular complexity index is 61.7. The summed E-state index contributed by atoms with van der Waals surface area (Å²) in [5.74, 6) is 0.811. The summed E-state index contributed by atoms with van der Waals surface area (Å²) in [4.78, 5) is 0. The lowest BCUT2D eigenvalue weighted by Gasteiger charge is -2.04. The van der Waals surface area contributed by atoms with Crippen molar-refractivity contribution in [3.05, 3.63) is 0 Å². The van der Waals surface area contributed by atoms with Crippen molar-refractivity contribution in [1.82, 2.24) is 0 Å². The van der Waals surface area contributed by atoms with Gasteiger partial charge in [0.05, 0.1) is 0 Å². The van der Waals surface area contributed by atoms with Crippen LogP contribution in [0.25, 0.3) is 0 Å². The van der Waals surface area contributed by atoms with Gasteiger partial charge >= 0.3 is 0 Å². The molecule has 0 aliphatic rings. The zero-order chi connectivity index (χ0) is 7.98. The second-order valence-electron chi connectivity index (χ2n) is 3.11. The van der Waals surface area contributed by atoms with Crippen molar-refractivity contribution in [2.75, 3.05) is 0 Å². The van der Waals surface area contributed by atoms with Gasteiger partial charge in [-0.05, 0) is 12.3 Å². The summed E-state index contributed by atoms with van der Waals surface area (Å²) in [5, 5.41) is 8.90. The first kappa shape index (κ1) is 10.7. The molecule has 2 heteroatoms. The van der Waals surface area contributed by atoms with Crippen molar-refractivity contribution in [1.29, 1.82) is 0 Å². The van der Waals surface area contributed by atoms with E-state index < -0.39 is 0 Å². The fraction of sp³-hybridized carbons (Fsp3) is 1.00. The zero-order valence-corrected chi connectivity index (χ0v) is 8.97. The van der Waals surface area contributed by atoms with E-state index in [0.29, 0.717) is 0 Å². The van der Waals surface area contributed by atoms with E-state index in [-0.39, 0.29) is 4.11 Å². The molecule has 0 heterocycles. The molecule has 0 saturated heterocycles. The Kier molecular flexibility index (Phi) is 6.85. The molecule has 0 radical (unpaired) electrons. The molecular weight excluding hydrogens is 239 g/mol. The van der Waals surface area contributed by atoms with Crippen molar-refractivity contribution in [3.8, 4) is 0 Å². The van der Waals surface area contributed by atoms with E-state index in [9.17, 15) is 0 Å². The topological polar surface area (TPSA) is 20.2 Å². The SMILES string of the molecule is CC(C)CCCCC(O)I. The van der Waals surface area contributed by atoms with Gasteiger partial charge < -0.3 is 5.11 Å². The van der Waals surface area contributed by atoms with Crippen LogP contribution in [0.2, 0.25) is 0 Å². The molecule has 0 amide bonds. The molecule has 0 spiro atoms. The number of rotatable bonds is 5. The maximum Gasteiger partial charge on any atom is 0.105 e. The molecule has 1 atom stereocenters. The highest BCUT2D eigenvalue weighted by atomic mass is 127. The normalized spacial score (nSPS) is 14.1. The zero-order valence-electron chi connectivity index (χ0n) is 6.81. The molecule has 0 aromatic rings. The molecular formula is C8H17IO. The lowest BCUT2D eigenvalue weighted by atomic mass is 10.1. The van der Waals surface area contributed by atoms with Crippen LogP contribution in [0.15, 0.2) is 0 Å². The van der Waals surface area contributed by atoms with Crippen LogP contribution in [0.1, 0.15) is 39.5 Å². The highest BCUT2D eigenvalue weighted by Crippen LogP contribution is 2.11. The molecule has 1 unspecified atom stereocenters. The predicted molar refractivity (Wildman–Crippen MR) is 53.3 cm³/mol. The maximum atomic E-state index is 8.90. The minimum Gasteiger partial charge on any atom is -0.383 e. The summed E-state index contributed by atoms with van der Waals surface area (Å²) in [7, 11) is 0. The molecule has 0 aromatic heterocycles. The van der Waals surface area contributed by atoms with Crippen LogP contribution in [0.5, 0.6) is 0 Å². The van der Waals surface area contributed by atoms with Gasteiger partial charge in [-0.15, -0.1) is 0 Å². The minimum atomic E-state index is -0.134. The summed E-state index contributed by atoms with van der Waals surface area (Å²) in [5.41, 5.74) is 0. The van der Waals surface area contributed by atoms with Crippen molar-refractivity contribution < 1.29 is 5.11 Å². The number of alkyl halides is 1. The van der Waals surface area contributed by atoms with E-state index >= 15 is 0 Å². The second kappa shape index (κ2) is 6.40. The monoisotopic (exact) mass is 256 g/mol. The first-order chi connectivity index (χ1) is 4.63. The number of aliphatic hydroxyl groups is 1. The molecule has 0 aliphatic heterocycles. The van der Waals surface area contributed by atoms with Gasteiger partial charge in [0.15, 0.2) is 0 Å². The van der Waals surface area contributed by atoms with Crippen molar-refractivity contribution >= 4 is 22.6 Å². The van der Waals surface area contributed by atoms with Crippen molar-refractivity contribution in [2.45, 2.75) is 43.6 Å². The van der Waals surface area contributed by atoms with Gasteiger partial charge in [-0.25, -0.2) is 0 Å². The number of hydrogen-bond acceptors (Lipinski definition) is 1. The van der Waals surface area contributed by atoms with Crippen LogP contribution < -0.4 is 0 Å². The second-order valence-corrected chi connectivity index (χ2v) is 4.55. The Morgan fingerprint density at radius 2 is 1.70 bits per heavy atom. The van der Waals surface area contributed by atoms with Gasteiger partial charge in [0, 0.05) is 0 Å². The number of unbranched alkanes of at least 4 members (excludes halogenated alkanes) is 1. The van der Waals surface area contributed by atoms with Crippen molar-refractivity contribution in [2.24, 2.45) is 5.92 Å². The van der Waals surface area contributed by atoms with Crippen molar-refractivity contribution in [3.63, 3.8) is 0 Å². The molecule has 0 rings (SSSR count). The third kappa shape index (κ3) is 8.69. The van der Waals surface area contributed by atoms with E-state index in [1.165, 1.54) is 19.3 Å². The van der Waals surface area contributed by atoms with Gasteiger partial charge in [-0.1, -0.05) is 55.7 Å². The highest BCUT2D eigenvalue weighted by molar-refractivity contribution is 14.1. The largest absolute Gasteiger partial charge is 0.383 e. The lowest BCUT2D eigenvalue weighted by molar-refractivity contribution is 0.262. The smallest absolute Gasteiger partial charge is 0.105 e. The van der Waals surface area contributed by atoms with E-state index in [2.05, 4.69) is 36.4 Å². The highest BCUT2D eigenvalue weighted by Gasteiger charge is 1.97. The van der Waals surface area contributed by atoms with Gasteiger partial charge in [0.1, 0.15) is 4.11 Å². The quantitative estimate of drug-likeness (QED) is 0.455. The Hall–Kier alpha value is 0.690. The minimum absolute atomic E-state index is 0.134. The number of halogens is 1. The molecule has 0 saturated carbocycles. The number of hydrogen-bond donors (Lipinski definition) is 1. The van der Waals surface area contributed by atoms with Crippen LogP contribution in [0.4, 0.5) is 0 Å². The molecule has 0 aromatic carbocycles. The molecule has 1 nitrogen and oxygen atoms in total. The third-order valence-corrected chi connectivity index (χ3v) is 2.10. The van der Waals surface area contributed by atoms with Gasteiger partial charge in [-0.3, -0.25) is 0 Å². The maximum absolute atomic E-state index is 8.90. The van der Waals surface area contributed by atoms with Gasteiger partial charge in [-0.2, -0.15) is 0 Å². The molecule has 0 fully saturated rings. The van der Waals surface area contributed by atoms with Gasteiger partial charge in [0.25, 0.3) is 0 Å². The molecule has 0 bridgehead atoms. The summed E-state index contributed by atoms with van der Waals surface area (Å²) in [6, 6.07) is 0. The summed E-state index contributed by atoms with van der Waals surface area (Å²) in [6.07, 6.45) is 4.68. The van der Waals surface area contributed by atoms with E-state index in [4.69, 9.17) is 5.11 Å². The molecule has 10 heavy (non-hydrogen) atoms. The van der Waals surface area contributed by atoms with E-state index in [1.807, 2.05) is 0 Å². The van der Waals surface area contributed by atoms with E-state index in [1.54, 1.807) is 0 Å². The Morgan fingerprint density at radius 3 is 2.10 bits per heavy atom. The van der Waals surface area contributed by atoms with Crippen LogP contribution in [0, 0.1) is 5.92 Å². The van der Waals surface area contributed by atoms with Crippen LogP contribution in [-0.2, 0) is 0 Å².